The van der Waals surface area contributed by atoms with Crippen LogP contribution >= 0.6 is 0 Å². The van der Waals surface area contributed by atoms with Crippen LogP contribution in [0.4, 0.5) is 0 Å². The van der Waals surface area contributed by atoms with E-state index in [0.717, 1.165) is 11.5 Å². The molecule has 7 heteroatoms. The van der Waals surface area contributed by atoms with Crippen molar-refractivity contribution in [3.8, 4) is 0 Å². The summed E-state index contributed by atoms with van der Waals surface area (Å²) in [7, 11) is -2.98. The van der Waals surface area contributed by atoms with Crippen LogP contribution in [0.1, 0.15) is 31.8 Å². The Labute approximate surface area is 131 Å². The number of furan rings is 1. The van der Waals surface area contributed by atoms with Crippen molar-refractivity contribution in [1.29, 1.82) is 0 Å². The first-order chi connectivity index (χ1) is 10.2. The zero-order chi connectivity index (χ0) is 16.3. The van der Waals surface area contributed by atoms with Gasteiger partial charge in [0.1, 0.15) is 11.5 Å². The van der Waals surface area contributed by atoms with Gasteiger partial charge in [0.2, 0.25) is 5.91 Å². The zero-order valence-electron chi connectivity index (χ0n) is 13.3. The molecule has 1 aromatic heterocycles. The van der Waals surface area contributed by atoms with Crippen molar-refractivity contribution in [3.63, 3.8) is 0 Å². The first-order valence-electron chi connectivity index (χ1n) is 7.54. The summed E-state index contributed by atoms with van der Waals surface area (Å²) in [5, 5.41) is 2.82. The third kappa shape index (κ3) is 4.84. The van der Waals surface area contributed by atoms with Crippen LogP contribution < -0.4 is 5.32 Å². The lowest BCUT2D eigenvalue weighted by molar-refractivity contribution is -0.123. The van der Waals surface area contributed by atoms with E-state index in [1.165, 1.54) is 0 Å². The van der Waals surface area contributed by atoms with Gasteiger partial charge in [0.15, 0.2) is 9.84 Å². The van der Waals surface area contributed by atoms with Crippen LogP contribution in [0.15, 0.2) is 16.5 Å². The van der Waals surface area contributed by atoms with E-state index in [-0.39, 0.29) is 36.0 Å². The Bertz CT molecular complexity index is 621. The molecule has 2 rings (SSSR count). The molecule has 0 aliphatic carbocycles. The maximum absolute atomic E-state index is 12.1. The molecule has 0 spiro atoms. The Morgan fingerprint density at radius 3 is 2.68 bits per heavy atom. The van der Waals surface area contributed by atoms with Crippen LogP contribution in [0.5, 0.6) is 0 Å². The van der Waals surface area contributed by atoms with Gasteiger partial charge in [-0.05, 0) is 39.3 Å². The van der Waals surface area contributed by atoms with E-state index in [9.17, 15) is 13.2 Å². The van der Waals surface area contributed by atoms with Gasteiger partial charge in [-0.2, -0.15) is 0 Å². The van der Waals surface area contributed by atoms with E-state index in [2.05, 4.69) is 5.32 Å². The number of rotatable bonds is 6. The number of nitrogens with zero attached hydrogens (tertiary/aromatic N) is 1. The Morgan fingerprint density at radius 1 is 1.45 bits per heavy atom. The molecule has 2 heterocycles. The third-order valence-corrected chi connectivity index (χ3v) is 5.60. The van der Waals surface area contributed by atoms with Crippen LogP contribution in [0.3, 0.4) is 0 Å². The average molecular weight is 328 g/mol. The number of nitrogens with one attached hydrogen (secondary N) is 1. The van der Waals surface area contributed by atoms with Gasteiger partial charge < -0.3 is 9.73 Å². The summed E-state index contributed by atoms with van der Waals surface area (Å²) in [4.78, 5) is 14.1. The molecule has 0 bridgehead atoms. The highest BCUT2D eigenvalue weighted by molar-refractivity contribution is 7.91. The number of hydrogen-bond donors (Lipinski definition) is 1. The SMILES string of the molecule is Cc1ccc(CN(CC(=O)N[C@H]2CCS(=O)(=O)C2)C(C)C)o1. The highest BCUT2D eigenvalue weighted by atomic mass is 32.2. The Balaban J connectivity index is 1.89. The second kappa shape index (κ2) is 6.83. The minimum Gasteiger partial charge on any atom is -0.465 e. The average Bonchev–Trinajstić information content (AvgIpc) is 2.94. The molecule has 124 valence electrons. The van der Waals surface area contributed by atoms with Crippen molar-refractivity contribution in [2.45, 2.75) is 45.8 Å². The van der Waals surface area contributed by atoms with Crippen molar-refractivity contribution < 1.29 is 17.6 Å². The Morgan fingerprint density at radius 2 is 2.18 bits per heavy atom. The summed E-state index contributed by atoms with van der Waals surface area (Å²) in [6.45, 7) is 6.71. The molecule has 1 amide bonds. The lowest BCUT2D eigenvalue weighted by atomic mass is 10.2. The number of carbonyl (C=O) groups is 1. The Kier molecular flexibility index (Phi) is 5.28. The van der Waals surface area contributed by atoms with Crippen LogP contribution in [0.25, 0.3) is 0 Å². The zero-order valence-corrected chi connectivity index (χ0v) is 14.1. The van der Waals surface area contributed by atoms with Crippen molar-refractivity contribution in [3.05, 3.63) is 23.7 Å². The van der Waals surface area contributed by atoms with Gasteiger partial charge in [-0.1, -0.05) is 0 Å². The molecule has 0 radical (unpaired) electrons. The number of aryl methyl sites for hydroxylation is 1. The van der Waals surface area contributed by atoms with E-state index < -0.39 is 9.84 Å². The van der Waals surface area contributed by atoms with E-state index >= 15 is 0 Å². The summed E-state index contributed by atoms with van der Waals surface area (Å²) in [5.74, 6) is 1.75. The molecular weight excluding hydrogens is 304 g/mol. The molecular formula is C15H24N2O4S. The van der Waals surface area contributed by atoms with E-state index in [0.29, 0.717) is 13.0 Å². The van der Waals surface area contributed by atoms with Gasteiger partial charge in [-0.15, -0.1) is 0 Å². The number of sulfone groups is 1. The van der Waals surface area contributed by atoms with Gasteiger partial charge in [0.05, 0.1) is 24.6 Å². The summed E-state index contributed by atoms with van der Waals surface area (Å²) < 4.78 is 28.4. The van der Waals surface area contributed by atoms with Crippen molar-refractivity contribution in [2.24, 2.45) is 0 Å². The predicted octanol–water partition coefficient (Wildman–Crippen LogP) is 1.10. The Hall–Kier alpha value is -1.34. The highest BCUT2D eigenvalue weighted by Gasteiger charge is 2.29. The summed E-state index contributed by atoms with van der Waals surface area (Å²) in [6, 6.07) is 3.74. The molecule has 1 atom stereocenters. The lowest BCUT2D eigenvalue weighted by Gasteiger charge is -2.25. The largest absolute Gasteiger partial charge is 0.465 e. The highest BCUT2D eigenvalue weighted by Crippen LogP contribution is 2.13. The first kappa shape index (κ1) is 17.0. The van der Waals surface area contributed by atoms with Gasteiger partial charge in [-0.25, -0.2) is 8.42 Å². The molecule has 1 fully saturated rings. The molecule has 1 saturated heterocycles. The summed E-state index contributed by atoms with van der Waals surface area (Å²) in [6.07, 6.45) is 0.507. The van der Waals surface area contributed by atoms with Crippen molar-refractivity contribution in [2.75, 3.05) is 18.1 Å². The van der Waals surface area contributed by atoms with E-state index in [1.54, 1.807) is 0 Å². The van der Waals surface area contributed by atoms with Crippen molar-refractivity contribution >= 4 is 15.7 Å². The van der Waals surface area contributed by atoms with E-state index in [1.807, 2.05) is 37.8 Å². The topological polar surface area (TPSA) is 79.6 Å². The smallest absolute Gasteiger partial charge is 0.234 e. The molecule has 0 aromatic carbocycles. The second-order valence-corrected chi connectivity index (χ2v) is 8.41. The maximum Gasteiger partial charge on any atom is 0.234 e. The van der Waals surface area contributed by atoms with Crippen LogP contribution in [0.2, 0.25) is 0 Å². The molecule has 1 aliphatic heterocycles. The molecule has 0 unspecified atom stereocenters. The number of amides is 1. The fraction of sp³-hybridized carbons (Fsp3) is 0.667. The van der Waals surface area contributed by atoms with Crippen LogP contribution in [-0.4, -0.2) is 49.4 Å². The second-order valence-electron chi connectivity index (χ2n) is 6.18. The molecule has 1 aromatic rings. The predicted molar refractivity (Wildman–Crippen MR) is 84.2 cm³/mol. The monoisotopic (exact) mass is 328 g/mol. The van der Waals surface area contributed by atoms with Gasteiger partial charge in [-0.3, -0.25) is 9.69 Å². The fourth-order valence-electron chi connectivity index (χ4n) is 2.56. The number of carbonyl (C=O) groups excluding carboxylic acids is 1. The van der Waals surface area contributed by atoms with Crippen LogP contribution in [-0.2, 0) is 21.2 Å². The standard InChI is InChI=1S/C15H24N2O4S/c1-11(2)17(8-14-5-4-12(3)21-14)9-15(18)16-13-6-7-22(19,20)10-13/h4-5,11,13H,6-10H2,1-3H3,(H,16,18)/t13-/m0/s1. The fourth-order valence-corrected chi connectivity index (χ4v) is 4.23. The molecule has 22 heavy (non-hydrogen) atoms. The molecule has 0 saturated carbocycles. The van der Waals surface area contributed by atoms with E-state index in [4.69, 9.17) is 4.42 Å². The molecule has 1 N–H and O–H groups in total. The minimum absolute atomic E-state index is 0.0534. The summed E-state index contributed by atoms with van der Waals surface area (Å²) >= 11 is 0. The van der Waals surface area contributed by atoms with Crippen LogP contribution in [0, 0.1) is 6.92 Å². The first-order valence-corrected chi connectivity index (χ1v) is 9.36. The summed E-state index contributed by atoms with van der Waals surface area (Å²) in [5.41, 5.74) is 0. The lowest BCUT2D eigenvalue weighted by Crippen LogP contribution is -2.44. The van der Waals surface area contributed by atoms with Crippen molar-refractivity contribution in [1.82, 2.24) is 10.2 Å². The minimum atomic E-state index is -2.98. The van der Waals surface area contributed by atoms with Gasteiger partial charge >= 0.3 is 0 Å². The molecule has 1 aliphatic rings. The third-order valence-electron chi connectivity index (χ3n) is 3.83. The number of hydrogen-bond acceptors (Lipinski definition) is 5. The molecule has 6 nitrogen and oxygen atoms in total. The maximum atomic E-state index is 12.1. The quantitative estimate of drug-likeness (QED) is 0.846. The normalized spacial score (nSPS) is 20.7. The van der Waals surface area contributed by atoms with Gasteiger partial charge in [0, 0.05) is 12.1 Å². The van der Waals surface area contributed by atoms with Gasteiger partial charge in [0.25, 0.3) is 0 Å².